The Hall–Kier alpha value is -1.10. The Kier molecular flexibility index (Phi) is 9.76. The number of carbonyl (C=O) groups excluding carboxylic acids is 1. The molecule has 1 amide bonds. The van der Waals surface area contributed by atoms with Gasteiger partial charge in [0.25, 0.3) is 0 Å². The van der Waals surface area contributed by atoms with E-state index in [-0.39, 0.29) is 24.4 Å². The fourth-order valence-electron chi connectivity index (χ4n) is 4.57. The molecule has 1 aliphatic heterocycles. The molecule has 4 nitrogen and oxygen atoms in total. The van der Waals surface area contributed by atoms with Crippen LogP contribution in [0.2, 0.25) is 0 Å². The van der Waals surface area contributed by atoms with Crippen molar-refractivity contribution in [3.05, 3.63) is 35.4 Å². The Balaban J connectivity index is 0.00000280. The molecule has 3 rings (SSSR count). The molecule has 1 atom stereocenters. The Labute approximate surface area is 177 Å². The average molecular weight is 408 g/mol. The van der Waals surface area contributed by atoms with Crippen LogP contribution in [0.4, 0.5) is 0 Å². The van der Waals surface area contributed by atoms with E-state index in [2.05, 4.69) is 53.2 Å². The number of carbonyl (C=O) groups is 1. The lowest BCUT2D eigenvalue weighted by Crippen LogP contribution is -2.52. The molecule has 1 N–H and O–H groups in total. The van der Waals surface area contributed by atoms with E-state index in [9.17, 15) is 4.79 Å². The number of halogens is 1. The van der Waals surface area contributed by atoms with Gasteiger partial charge in [-0.3, -0.25) is 14.6 Å². The smallest absolute Gasteiger partial charge is 0.234 e. The lowest BCUT2D eigenvalue weighted by molar-refractivity contribution is -0.123. The largest absolute Gasteiger partial charge is 0.348 e. The van der Waals surface area contributed by atoms with Crippen molar-refractivity contribution in [2.45, 2.75) is 70.9 Å². The monoisotopic (exact) mass is 407 g/mol. The van der Waals surface area contributed by atoms with Crippen LogP contribution >= 0.6 is 12.4 Å². The van der Waals surface area contributed by atoms with Crippen molar-refractivity contribution in [2.75, 3.05) is 32.7 Å². The second-order valence-electron chi connectivity index (χ2n) is 8.38. The second kappa shape index (κ2) is 11.8. The van der Waals surface area contributed by atoms with Crippen molar-refractivity contribution < 1.29 is 4.79 Å². The molecule has 0 aromatic heterocycles. The Morgan fingerprint density at radius 3 is 2.32 bits per heavy atom. The molecular weight excluding hydrogens is 370 g/mol. The van der Waals surface area contributed by atoms with Gasteiger partial charge in [-0.25, -0.2) is 0 Å². The first-order chi connectivity index (χ1) is 13.2. The van der Waals surface area contributed by atoms with Crippen LogP contribution in [0.1, 0.15) is 69.5 Å². The van der Waals surface area contributed by atoms with Crippen LogP contribution in [0.5, 0.6) is 0 Å². The predicted octanol–water partition coefficient (Wildman–Crippen LogP) is 4.19. The molecule has 1 saturated carbocycles. The number of rotatable bonds is 7. The summed E-state index contributed by atoms with van der Waals surface area (Å²) in [6, 6.07) is 9.54. The number of piperazine rings is 1. The predicted molar refractivity (Wildman–Crippen MR) is 119 cm³/mol. The highest BCUT2D eigenvalue weighted by Crippen LogP contribution is 2.23. The number of hydrogen-bond acceptors (Lipinski definition) is 3. The minimum absolute atomic E-state index is 0. The standard InChI is InChI=1S/C23H37N3O.ClH/c1-3-7-20-10-12-21(13-11-20)19(2)24-23(27)18-25-14-16-26(17-15-25)22-8-5-4-6-9-22;/h10-13,19,22H,3-9,14-18H2,1-2H3,(H,24,27);1H. The zero-order valence-electron chi connectivity index (χ0n) is 17.7. The average Bonchev–Trinajstić information content (AvgIpc) is 2.70. The van der Waals surface area contributed by atoms with Crippen molar-refractivity contribution in [2.24, 2.45) is 0 Å². The number of nitrogens with zero attached hydrogens (tertiary/aromatic N) is 2. The summed E-state index contributed by atoms with van der Waals surface area (Å²) in [4.78, 5) is 17.5. The van der Waals surface area contributed by atoms with Crippen molar-refractivity contribution in [3.8, 4) is 0 Å². The lowest BCUT2D eigenvalue weighted by atomic mass is 9.94. The fourth-order valence-corrected chi connectivity index (χ4v) is 4.57. The number of aryl methyl sites for hydroxylation is 1. The van der Waals surface area contributed by atoms with Gasteiger partial charge < -0.3 is 5.32 Å². The number of benzene rings is 1. The summed E-state index contributed by atoms with van der Waals surface area (Å²) in [5, 5.41) is 3.18. The highest BCUT2D eigenvalue weighted by Gasteiger charge is 2.26. The van der Waals surface area contributed by atoms with Gasteiger partial charge in [0.05, 0.1) is 12.6 Å². The van der Waals surface area contributed by atoms with Gasteiger partial charge in [0.15, 0.2) is 0 Å². The summed E-state index contributed by atoms with van der Waals surface area (Å²) in [6.07, 6.45) is 9.23. The summed E-state index contributed by atoms with van der Waals surface area (Å²) in [6.45, 7) is 9.07. The summed E-state index contributed by atoms with van der Waals surface area (Å²) in [7, 11) is 0. The molecule has 1 aliphatic carbocycles. The zero-order chi connectivity index (χ0) is 19.1. The van der Waals surface area contributed by atoms with E-state index in [0.29, 0.717) is 6.54 Å². The quantitative estimate of drug-likeness (QED) is 0.736. The van der Waals surface area contributed by atoms with Gasteiger partial charge in [-0.05, 0) is 37.3 Å². The summed E-state index contributed by atoms with van der Waals surface area (Å²) >= 11 is 0. The van der Waals surface area contributed by atoms with E-state index in [1.807, 2.05) is 0 Å². The summed E-state index contributed by atoms with van der Waals surface area (Å²) in [5.41, 5.74) is 2.56. The van der Waals surface area contributed by atoms with E-state index in [1.165, 1.54) is 49.7 Å². The van der Waals surface area contributed by atoms with Crippen molar-refractivity contribution in [1.29, 1.82) is 0 Å². The molecule has 0 radical (unpaired) electrons. The topological polar surface area (TPSA) is 35.6 Å². The van der Waals surface area contributed by atoms with Gasteiger partial charge in [0.1, 0.15) is 0 Å². The van der Waals surface area contributed by atoms with Crippen LogP contribution in [0.3, 0.4) is 0 Å². The molecular formula is C23H38ClN3O. The van der Waals surface area contributed by atoms with Gasteiger partial charge in [-0.2, -0.15) is 0 Å². The van der Waals surface area contributed by atoms with E-state index < -0.39 is 0 Å². The first-order valence-corrected chi connectivity index (χ1v) is 11.0. The van der Waals surface area contributed by atoms with Crippen LogP contribution in [0.25, 0.3) is 0 Å². The van der Waals surface area contributed by atoms with Crippen LogP contribution in [0.15, 0.2) is 24.3 Å². The number of hydrogen-bond donors (Lipinski definition) is 1. The summed E-state index contributed by atoms with van der Waals surface area (Å²) < 4.78 is 0. The molecule has 158 valence electrons. The Morgan fingerprint density at radius 2 is 1.71 bits per heavy atom. The van der Waals surface area contributed by atoms with Crippen LogP contribution in [0, 0.1) is 0 Å². The maximum atomic E-state index is 12.5. The minimum atomic E-state index is 0. The first-order valence-electron chi connectivity index (χ1n) is 11.0. The molecule has 1 saturated heterocycles. The van der Waals surface area contributed by atoms with Gasteiger partial charge in [-0.15, -0.1) is 12.4 Å². The molecule has 2 fully saturated rings. The third kappa shape index (κ3) is 6.75. The van der Waals surface area contributed by atoms with E-state index >= 15 is 0 Å². The second-order valence-corrected chi connectivity index (χ2v) is 8.38. The maximum absolute atomic E-state index is 12.5. The third-order valence-electron chi connectivity index (χ3n) is 6.26. The minimum Gasteiger partial charge on any atom is -0.348 e. The van der Waals surface area contributed by atoms with E-state index in [4.69, 9.17) is 0 Å². The summed E-state index contributed by atoms with van der Waals surface area (Å²) in [5.74, 6) is 0.145. The van der Waals surface area contributed by atoms with Crippen molar-refractivity contribution in [1.82, 2.24) is 15.1 Å². The van der Waals surface area contributed by atoms with Crippen molar-refractivity contribution >= 4 is 18.3 Å². The third-order valence-corrected chi connectivity index (χ3v) is 6.26. The van der Waals surface area contributed by atoms with E-state index in [1.54, 1.807) is 0 Å². The Bertz CT molecular complexity index is 578. The molecule has 1 aromatic rings. The highest BCUT2D eigenvalue weighted by atomic mass is 35.5. The molecule has 1 unspecified atom stereocenters. The molecule has 2 aliphatic rings. The number of nitrogens with one attached hydrogen (secondary N) is 1. The van der Waals surface area contributed by atoms with Crippen LogP contribution in [-0.4, -0.2) is 54.5 Å². The van der Waals surface area contributed by atoms with Gasteiger partial charge >= 0.3 is 0 Å². The van der Waals surface area contributed by atoms with Crippen LogP contribution < -0.4 is 5.32 Å². The van der Waals surface area contributed by atoms with Gasteiger partial charge in [0, 0.05) is 32.2 Å². The Morgan fingerprint density at radius 1 is 1.07 bits per heavy atom. The molecule has 5 heteroatoms. The molecule has 1 heterocycles. The van der Waals surface area contributed by atoms with Gasteiger partial charge in [-0.1, -0.05) is 56.9 Å². The van der Waals surface area contributed by atoms with Crippen molar-refractivity contribution in [3.63, 3.8) is 0 Å². The number of amides is 1. The zero-order valence-corrected chi connectivity index (χ0v) is 18.5. The van der Waals surface area contributed by atoms with Gasteiger partial charge in [0.2, 0.25) is 5.91 Å². The SMILES string of the molecule is CCCc1ccc(C(C)NC(=O)CN2CCN(C3CCCCC3)CC2)cc1.Cl. The van der Waals surface area contributed by atoms with Crippen LogP contribution in [-0.2, 0) is 11.2 Å². The fraction of sp³-hybridized carbons (Fsp3) is 0.696. The maximum Gasteiger partial charge on any atom is 0.234 e. The first kappa shape index (κ1) is 23.2. The normalized spacial score (nSPS) is 20.4. The molecule has 28 heavy (non-hydrogen) atoms. The van der Waals surface area contributed by atoms with E-state index in [0.717, 1.165) is 38.6 Å². The lowest BCUT2D eigenvalue weighted by Gasteiger charge is -2.40. The molecule has 0 spiro atoms. The molecule has 1 aromatic carbocycles. The highest BCUT2D eigenvalue weighted by molar-refractivity contribution is 5.85. The molecule has 0 bridgehead atoms.